The van der Waals surface area contributed by atoms with Crippen LogP contribution in [-0.4, -0.2) is 28.0 Å². The number of hydrogen-bond acceptors (Lipinski definition) is 4. The number of rotatable bonds is 4. The lowest BCUT2D eigenvalue weighted by Gasteiger charge is -2.23. The van der Waals surface area contributed by atoms with Gasteiger partial charge in [-0.1, -0.05) is 19.3 Å². The Bertz CT molecular complexity index is 487. The Morgan fingerprint density at radius 3 is 2.60 bits per heavy atom. The second-order valence-corrected chi connectivity index (χ2v) is 5.13. The number of pyridine rings is 1. The van der Waals surface area contributed by atoms with E-state index in [0.29, 0.717) is 17.8 Å². The SMILES string of the molecule is NC(=O)c1ccc(NC2CCCCCC2C(=O)O)nc1. The average Bonchev–Trinajstić information content (AvgIpc) is 2.65. The van der Waals surface area contributed by atoms with E-state index >= 15 is 0 Å². The topological polar surface area (TPSA) is 105 Å². The lowest BCUT2D eigenvalue weighted by molar-refractivity contribution is -0.142. The lowest BCUT2D eigenvalue weighted by atomic mass is 9.95. The van der Waals surface area contributed by atoms with E-state index in [2.05, 4.69) is 10.3 Å². The zero-order chi connectivity index (χ0) is 14.5. The Labute approximate surface area is 117 Å². The van der Waals surface area contributed by atoms with Gasteiger partial charge in [-0.25, -0.2) is 4.98 Å². The Morgan fingerprint density at radius 1 is 1.25 bits per heavy atom. The number of anilines is 1. The van der Waals surface area contributed by atoms with Gasteiger partial charge in [0.05, 0.1) is 11.5 Å². The largest absolute Gasteiger partial charge is 0.481 e. The monoisotopic (exact) mass is 277 g/mol. The van der Waals surface area contributed by atoms with Crippen molar-refractivity contribution in [2.45, 2.75) is 38.1 Å². The number of carbonyl (C=O) groups is 2. The molecule has 2 atom stereocenters. The molecule has 0 aromatic carbocycles. The van der Waals surface area contributed by atoms with Crippen molar-refractivity contribution in [2.75, 3.05) is 5.32 Å². The van der Waals surface area contributed by atoms with Crippen molar-refractivity contribution >= 4 is 17.7 Å². The van der Waals surface area contributed by atoms with Crippen LogP contribution in [0, 0.1) is 5.92 Å². The summed E-state index contributed by atoms with van der Waals surface area (Å²) in [7, 11) is 0. The fourth-order valence-corrected chi connectivity index (χ4v) is 2.59. The minimum absolute atomic E-state index is 0.123. The predicted molar refractivity (Wildman–Crippen MR) is 74.4 cm³/mol. The summed E-state index contributed by atoms with van der Waals surface area (Å²) in [5.41, 5.74) is 5.49. The molecule has 0 aliphatic heterocycles. The minimum atomic E-state index is -0.766. The molecule has 2 rings (SSSR count). The van der Waals surface area contributed by atoms with Crippen LogP contribution in [0.5, 0.6) is 0 Å². The van der Waals surface area contributed by atoms with Gasteiger partial charge in [0.2, 0.25) is 5.91 Å². The van der Waals surface area contributed by atoms with Crippen LogP contribution in [0.1, 0.15) is 42.5 Å². The highest BCUT2D eigenvalue weighted by Gasteiger charge is 2.29. The van der Waals surface area contributed by atoms with Gasteiger partial charge in [-0.05, 0) is 25.0 Å². The van der Waals surface area contributed by atoms with Gasteiger partial charge in [0.1, 0.15) is 5.82 Å². The highest BCUT2D eigenvalue weighted by Crippen LogP contribution is 2.26. The molecule has 1 fully saturated rings. The van der Waals surface area contributed by atoms with E-state index in [1.54, 1.807) is 12.1 Å². The van der Waals surface area contributed by atoms with E-state index in [1.165, 1.54) is 6.20 Å². The molecule has 1 heterocycles. The fraction of sp³-hybridized carbons (Fsp3) is 0.500. The van der Waals surface area contributed by atoms with Crippen molar-refractivity contribution < 1.29 is 14.7 Å². The number of aromatic nitrogens is 1. The van der Waals surface area contributed by atoms with E-state index in [4.69, 9.17) is 5.73 Å². The van der Waals surface area contributed by atoms with Crippen LogP contribution in [0.4, 0.5) is 5.82 Å². The maximum atomic E-state index is 11.3. The van der Waals surface area contributed by atoms with E-state index in [0.717, 1.165) is 25.7 Å². The second-order valence-electron chi connectivity index (χ2n) is 5.13. The van der Waals surface area contributed by atoms with Crippen molar-refractivity contribution in [3.63, 3.8) is 0 Å². The number of carboxylic acids is 1. The Morgan fingerprint density at radius 2 is 2.00 bits per heavy atom. The molecule has 2 unspecified atom stereocenters. The van der Waals surface area contributed by atoms with Crippen molar-refractivity contribution in [1.29, 1.82) is 0 Å². The summed E-state index contributed by atoms with van der Waals surface area (Å²) in [6, 6.07) is 3.12. The van der Waals surface area contributed by atoms with E-state index in [-0.39, 0.29) is 6.04 Å². The van der Waals surface area contributed by atoms with E-state index in [9.17, 15) is 14.7 Å². The van der Waals surface area contributed by atoms with Crippen LogP contribution in [-0.2, 0) is 4.79 Å². The number of carbonyl (C=O) groups excluding carboxylic acids is 1. The molecule has 1 amide bonds. The highest BCUT2D eigenvalue weighted by atomic mass is 16.4. The van der Waals surface area contributed by atoms with Crippen LogP contribution in [0.2, 0.25) is 0 Å². The third-order valence-electron chi connectivity index (χ3n) is 3.71. The second kappa shape index (κ2) is 6.36. The number of nitrogens with zero attached hydrogens (tertiary/aromatic N) is 1. The van der Waals surface area contributed by atoms with Crippen LogP contribution in [0.15, 0.2) is 18.3 Å². The molecule has 1 aromatic heterocycles. The smallest absolute Gasteiger partial charge is 0.308 e. The minimum Gasteiger partial charge on any atom is -0.481 e. The number of primary amides is 1. The van der Waals surface area contributed by atoms with Crippen LogP contribution in [0.3, 0.4) is 0 Å². The number of hydrogen-bond donors (Lipinski definition) is 3. The van der Waals surface area contributed by atoms with Gasteiger partial charge in [0.15, 0.2) is 0 Å². The van der Waals surface area contributed by atoms with Crippen LogP contribution >= 0.6 is 0 Å². The van der Waals surface area contributed by atoms with Crippen molar-refractivity contribution in [2.24, 2.45) is 11.7 Å². The normalized spacial score (nSPS) is 22.8. The molecule has 1 saturated carbocycles. The molecule has 108 valence electrons. The summed E-state index contributed by atoms with van der Waals surface area (Å²) in [6.07, 6.45) is 5.93. The first-order valence-electron chi connectivity index (χ1n) is 6.83. The highest BCUT2D eigenvalue weighted by molar-refractivity contribution is 5.92. The van der Waals surface area contributed by atoms with Crippen molar-refractivity contribution in [1.82, 2.24) is 4.98 Å². The molecule has 1 aliphatic rings. The van der Waals surface area contributed by atoms with Gasteiger partial charge < -0.3 is 16.2 Å². The molecule has 6 nitrogen and oxygen atoms in total. The Kier molecular flexibility index (Phi) is 4.55. The van der Waals surface area contributed by atoms with Gasteiger partial charge in [-0.2, -0.15) is 0 Å². The summed E-state index contributed by atoms with van der Waals surface area (Å²) in [6.45, 7) is 0. The van der Waals surface area contributed by atoms with Gasteiger partial charge in [0.25, 0.3) is 0 Å². The van der Waals surface area contributed by atoms with Crippen LogP contribution < -0.4 is 11.1 Å². The summed E-state index contributed by atoms with van der Waals surface area (Å²) in [5, 5.41) is 12.5. The van der Waals surface area contributed by atoms with E-state index in [1.807, 2.05) is 0 Å². The number of aliphatic carboxylic acids is 1. The molecule has 1 aliphatic carbocycles. The maximum absolute atomic E-state index is 11.3. The maximum Gasteiger partial charge on any atom is 0.308 e. The lowest BCUT2D eigenvalue weighted by Crippen LogP contribution is -2.34. The summed E-state index contributed by atoms with van der Waals surface area (Å²) < 4.78 is 0. The number of amides is 1. The molecule has 6 heteroatoms. The standard InChI is InChI=1S/C14H19N3O3/c15-13(18)9-6-7-12(16-8-9)17-11-5-3-1-2-4-10(11)14(19)20/h6-8,10-11H,1-5H2,(H2,15,18)(H,16,17)(H,19,20). The number of nitrogens with one attached hydrogen (secondary N) is 1. The molecule has 0 spiro atoms. The van der Waals surface area contributed by atoms with Crippen LogP contribution in [0.25, 0.3) is 0 Å². The van der Waals surface area contributed by atoms with Gasteiger partial charge in [-0.3, -0.25) is 9.59 Å². The summed E-state index contributed by atoms with van der Waals surface area (Å²) in [4.78, 5) is 26.4. The first-order valence-corrected chi connectivity index (χ1v) is 6.83. The molecule has 20 heavy (non-hydrogen) atoms. The first kappa shape index (κ1) is 14.3. The fourth-order valence-electron chi connectivity index (χ4n) is 2.59. The zero-order valence-electron chi connectivity index (χ0n) is 11.2. The van der Waals surface area contributed by atoms with Crippen molar-refractivity contribution in [3.05, 3.63) is 23.9 Å². The first-order chi connectivity index (χ1) is 9.58. The third kappa shape index (κ3) is 3.46. The quantitative estimate of drug-likeness (QED) is 0.725. The summed E-state index contributed by atoms with van der Waals surface area (Å²) >= 11 is 0. The number of carboxylic acid groups (broad SMARTS) is 1. The molecule has 0 radical (unpaired) electrons. The zero-order valence-corrected chi connectivity index (χ0v) is 11.2. The van der Waals surface area contributed by atoms with Gasteiger partial charge in [-0.15, -0.1) is 0 Å². The average molecular weight is 277 g/mol. The molecular formula is C14H19N3O3. The summed E-state index contributed by atoms with van der Waals surface area (Å²) in [5.74, 6) is -1.11. The molecule has 0 bridgehead atoms. The van der Waals surface area contributed by atoms with E-state index < -0.39 is 17.8 Å². The molecule has 4 N–H and O–H groups in total. The Balaban J connectivity index is 2.09. The van der Waals surface area contributed by atoms with Gasteiger partial charge >= 0.3 is 5.97 Å². The van der Waals surface area contributed by atoms with Gasteiger partial charge in [0, 0.05) is 12.2 Å². The molecule has 1 aromatic rings. The van der Waals surface area contributed by atoms with Crippen molar-refractivity contribution in [3.8, 4) is 0 Å². The molecule has 0 saturated heterocycles. The number of nitrogens with two attached hydrogens (primary N) is 1. The third-order valence-corrected chi connectivity index (χ3v) is 3.71. The predicted octanol–water partition coefficient (Wildman–Crippen LogP) is 1.63. The molecular weight excluding hydrogens is 258 g/mol. The Hall–Kier alpha value is -2.11.